The molecular weight excluding hydrogens is 1010 g/mol. The highest BCUT2D eigenvalue weighted by molar-refractivity contribution is 7.46. The van der Waals surface area contributed by atoms with E-state index in [2.05, 4.69) is 6.92 Å². The first-order chi connectivity index (χ1) is 33.2. The van der Waals surface area contributed by atoms with Gasteiger partial charge in [-0.05, 0) is 86.0 Å². The van der Waals surface area contributed by atoms with Crippen LogP contribution in [-0.2, 0) is 74.1 Å². The van der Waals surface area contributed by atoms with E-state index in [1.807, 2.05) is 77.1 Å². The maximum absolute atomic E-state index is 11.6. The number of phosphoric acid groups is 3. The van der Waals surface area contributed by atoms with Gasteiger partial charge in [0.2, 0.25) is 0 Å². The quantitative estimate of drug-likeness (QED) is 0.0500. The number of hydrogen-bond acceptors (Lipinski definition) is 20. The molecule has 0 fully saturated rings. The Bertz CT molecular complexity index is 1430. The van der Waals surface area contributed by atoms with Gasteiger partial charge in [-0.1, -0.05) is 0 Å². The normalized spacial score (nSPS) is 16.7. The number of carboxylic acid groups (broad SMARTS) is 1. The fraction of sp³-hybridized carbons (Fsp3) is 0.956. The van der Waals surface area contributed by atoms with Gasteiger partial charge in [-0.15, -0.1) is 0 Å². The van der Waals surface area contributed by atoms with Crippen LogP contribution in [0.25, 0.3) is 0 Å². The number of aliphatic carboxylic acids is 1. The van der Waals surface area contributed by atoms with Gasteiger partial charge in [0, 0.05) is 40.0 Å². The third kappa shape index (κ3) is 61.7. The molecular formula is C45H100N3O21P3. The first-order valence-electron chi connectivity index (χ1n) is 24.5. The number of unbranched alkanes of at least 4 members (excludes halogenated alkanes) is 3. The van der Waals surface area contributed by atoms with Gasteiger partial charge in [0.1, 0.15) is 46.2 Å². The van der Waals surface area contributed by atoms with Gasteiger partial charge in [0.25, 0.3) is 23.5 Å². The van der Waals surface area contributed by atoms with Crippen molar-refractivity contribution in [2.75, 3.05) is 163 Å². The van der Waals surface area contributed by atoms with Crippen molar-refractivity contribution in [1.82, 2.24) is 0 Å². The van der Waals surface area contributed by atoms with E-state index in [1.54, 1.807) is 27.9 Å². The van der Waals surface area contributed by atoms with Gasteiger partial charge in [-0.2, -0.15) is 0 Å². The summed E-state index contributed by atoms with van der Waals surface area (Å²) in [5.74, 6) is -0.838. The predicted octanol–water partition coefficient (Wildman–Crippen LogP) is 3.64. The topological polar surface area (TPSA) is 297 Å². The summed E-state index contributed by atoms with van der Waals surface area (Å²) in [7, 11) is 6.26. The second-order valence-electron chi connectivity index (χ2n) is 20.0. The van der Waals surface area contributed by atoms with Gasteiger partial charge < -0.3 is 94.0 Å². The SMILES string of the molecule is C=O.CCOC(C)CCCCO[C@H](C)COP(=O)([O-])OCC[N+](C)(C)C.COC(CO)CCCCO[C@H](C)COP(=O)([O-])OCC[N+](C)(C)C.C[C@H](COP(=O)([O-])OCC[N+](C)(C)C)OCCCCC(=O)O. The van der Waals surface area contributed by atoms with Crippen molar-refractivity contribution in [3.63, 3.8) is 0 Å². The van der Waals surface area contributed by atoms with Crippen molar-refractivity contribution in [3.05, 3.63) is 0 Å². The minimum atomic E-state index is -4.31. The van der Waals surface area contributed by atoms with Crippen LogP contribution in [0.1, 0.15) is 92.4 Å². The van der Waals surface area contributed by atoms with E-state index in [-0.39, 0.29) is 77.1 Å². The summed E-state index contributed by atoms with van der Waals surface area (Å²) in [6.45, 7) is 15.2. The maximum atomic E-state index is 11.6. The Balaban J connectivity index is -0.000000473. The lowest BCUT2D eigenvalue weighted by molar-refractivity contribution is -0.870. The summed E-state index contributed by atoms with van der Waals surface area (Å²) in [4.78, 5) is 53.1. The number of carbonyl (C=O) groups excluding carboxylic acids is 1. The monoisotopic (exact) mass is 1110 g/mol. The van der Waals surface area contributed by atoms with E-state index in [0.717, 1.165) is 45.1 Å². The first kappa shape index (κ1) is 77.6. The third-order valence-corrected chi connectivity index (χ3v) is 12.2. The van der Waals surface area contributed by atoms with E-state index in [9.17, 15) is 33.2 Å². The highest BCUT2D eigenvalue weighted by Crippen LogP contribution is 2.40. The molecule has 0 aliphatic heterocycles. The van der Waals surface area contributed by atoms with Crippen LogP contribution in [0.15, 0.2) is 0 Å². The molecule has 0 aromatic heterocycles. The lowest BCUT2D eigenvalue weighted by Crippen LogP contribution is -2.37. The van der Waals surface area contributed by atoms with Crippen LogP contribution in [0.4, 0.5) is 0 Å². The highest BCUT2D eigenvalue weighted by Gasteiger charge is 2.18. The molecule has 0 radical (unpaired) electrons. The number of quaternary nitrogens is 3. The zero-order valence-corrected chi connectivity index (χ0v) is 49.4. The Hall–Kier alpha value is -0.890. The lowest BCUT2D eigenvalue weighted by atomic mass is 10.1. The summed E-state index contributed by atoms with van der Waals surface area (Å²) in [5.41, 5.74) is 0. The molecule has 0 rings (SSSR count). The summed E-state index contributed by atoms with van der Waals surface area (Å²) in [6, 6.07) is 0. The Morgan fingerprint density at radius 2 is 0.833 bits per heavy atom. The number of methoxy groups -OCH3 is 1. The Morgan fingerprint density at radius 3 is 1.11 bits per heavy atom. The van der Waals surface area contributed by atoms with Gasteiger partial charge in [-0.3, -0.25) is 18.5 Å². The van der Waals surface area contributed by atoms with Crippen LogP contribution in [0.3, 0.4) is 0 Å². The minimum Gasteiger partial charge on any atom is -0.756 e. The molecule has 436 valence electrons. The molecule has 24 nitrogen and oxygen atoms in total. The fourth-order valence-electron chi connectivity index (χ4n) is 5.02. The molecule has 0 aromatic rings. The second kappa shape index (κ2) is 44.1. The lowest BCUT2D eigenvalue weighted by Gasteiger charge is -2.28. The van der Waals surface area contributed by atoms with Crippen molar-refractivity contribution in [1.29, 1.82) is 0 Å². The van der Waals surface area contributed by atoms with Crippen LogP contribution in [0.2, 0.25) is 0 Å². The Kier molecular flexibility index (Phi) is 47.6. The molecule has 72 heavy (non-hydrogen) atoms. The van der Waals surface area contributed by atoms with Gasteiger partial charge >= 0.3 is 5.97 Å². The van der Waals surface area contributed by atoms with Crippen LogP contribution in [-0.4, -0.2) is 230 Å². The fourth-order valence-corrected chi connectivity index (χ4v) is 7.33. The van der Waals surface area contributed by atoms with Gasteiger partial charge in [-0.25, -0.2) is 0 Å². The van der Waals surface area contributed by atoms with Crippen LogP contribution >= 0.6 is 23.5 Å². The number of rotatable bonds is 43. The molecule has 27 heteroatoms. The summed E-state index contributed by atoms with van der Waals surface area (Å²) in [5, 5.41) is 17.5. The molecule has 8 atom stereocenters. The van der Waals surface area contributed by atoms with Crippen molar-refractivity contribution in [2.45, 2.75) is 123 Å². The molecule has 0 saturated heterocycles. The molecule has 0 heterocycles. The number of carboxylic acids is 1. The van der Waals surface area contributed by atoms with Crippen molar-refractivity contribution < 1.29 is 112 Å². The predicted molar refractivity (Wildman–Crippen MR) is 269 cm³/mol. The minimum absolute atomic E-state index is 0.00841. The van der Waals surface area contributed by atoms with Crippen molar-refractivity contribution in [3.8, 4) is 0 Å². The number of nitrogens with zero attached hydrogens (tertiary/aromatic N) is 3. The zero-order chi connectivity index (χ0) is 56.5. The van der Waals surface area contributed by atoms with Crippen LogP contribution < -0.4 is 14.7 Å². The molecule has 5 unspecified atom stereocenters. The van der Waals surface area contributed by atoms with Gasteiger partial charge in [0.05, 0.1) is 120 Å². The van der Waals surface area contributed by atoms with E-state index >= 15 is 0 Å². The van der Waals surface area contributed by atoms with Crippen molar-refractivity contribution in [2.24, 2.45) is 0 Å². The Labute approximate surface area is 433 Å². The molecule has 0 aromatic carbocycles. The number of likely N-dealkylation sites (N-methyl/N-ethyl adjacent to an activating group) is 3. The zero-order valence-electron chi connectivity index (χ0n) is 46.7. The summed E-state index contributed by atoms with van der Waals surface area (Å²) >= 11 is 0. The number of carbonyl (C=O) groups is 2. The molecule has 0 saturated carbocycles. The molecule has 0 aliphatic carbocycles. The van der Waals surface area contributed by atoms with Crippen molar-refractivity contribution >= 4 is 36.2 Å². The first-order valence-corrected chi connectivity index (χ1v) is 28.9. The maximum Gasteiger partial charge on any atom is 0.303 e. The summed E-state index contributed by atoms with van der Waals surface area (Å²) in [6.07, 6.45) is 5.67. The number of hydrogen-bond donors (Lipinski definition) is 2. The van der Waals surface area contributed by atoms with E-state index < -0.39 is 35.5 Å². The van der Waals surface area contributed by atoms with Crippen LogP contribution in [0.5, 0.6) is 0 Å². The Morgan fingerprint density at radius 1 is 0.514 bits per heavy atom. The second-order valence-corrected chi connectivity index (χ2v) is 24.2. The molecule has 0 spiro atoms. The molecule has 0 aliphatic rings. The summed E-state index contributed by atoms with van der Waals surface area (Å²) < 4.78 is 92.4. The number of ether oxygens (including phenoxy) is 5. The van der Waals surface area contributed by atoms with Gasteiger partial charge in [0.15, 0.2) is 0 Å². The van der Waals surface area contributed by atoms with E-state index in [4.69, 9.17) is 65.8 Å². The van der Waals surface area contributed by atoms with E-state index in [0.29, 0.717) is 65.7 Å². The standard InChI is InChI=1S/C16H36NO6P.C15H34NO7P.C13H28NO7P.CH2O/c1-7-20-15(2)10-8-9-12-21-16(3)14-23-24(18,19)22-13-11-17(4,5)6;1-14(21-10-7-6-8-15(12-17)20-5)13-23-24(18,19)22-11-9-16(2,3)4;1-12(19-9-6-5-7-13(15)16)11-21-22(17,18)20-10-8-14(2,3)4;1-2/h15-16H,7-14H2,1-6H3;14-15,17H,6-13H2,1-5H3;12H,5-11H2,1-4H3,(H-,15,16,17,18);1H2/t15?,16-;14-,15?;12-;/m111./s1. The van der Waals surface area contributed by atoms with E-state index in [1.165, 1.54) is 0 Å². The average molecular weight is 1110 g/mol. The molecule has 2 N–H and O–H groups in total. The van der Waals surface area contributed by atoms with Crippen LogP contribution in [0, 0.1) is 0 Å². The molecule has 0 bridgehead atoms. The largest absolute Gasteiger partial charge is 0.756 e. The number of aliphatic hydroxyl groups excluding tert-OH is 1. The number of aliphatic hydroxyl groups is 1. The average Bonchev–Trinajstić information content (AvgIpc) is 3.25. The highest BCUT2D eigenvalue weighted by atomic mass is 31.2. The molecule has 0 amide bonds. The smallest absolute Gasteiger partial charge is 0.303 e. The third-order valence-electron chi connectivity index (χ3n) is 9.34. The number of phosphoric ester groups is 3.